The molecule has 3 aromatic rings. The van der Waals surface area contributed by atoms with Crippen LogP contribution in [0, 0.1) is 18.2 Å². The van der Waals surface area contributed by atoms with Crippen LogP contribution in [0.5, 0.6) is 0 Å². The van der Waals surface area contributed by atoms with Gasteiger partial charge in [0.1, 0.15) is 11.9 Å². The molecule has 0 bridgehead atoms. The summed E-state index contributed by atoms with van der Waals surface area (Å²) in [7, 11) is 0. The molecule has 1 unspecified atom stereocenters. The highest BCUT2D eigenvalue weighted by atomic mass is 19.1. The summed E-state index contributed by atoms with van der Waals surface area (Å²) >= 11 is 0. The monoisotopic (exact) mass is 519 g/mol. The zero-order valence-corrected chi connectivity index (χ0v) is 21.6. The largest absolute Gasteiger partial charge is 0.480 e. The van der Waals surface area contributed by atoms with Gasteiger partial charge in [-0.1, -0.05) is 57.2 Å². The van der Waals surface area contributed by atoms with Crippen molar-refractivity contribution in [1.29, 1.82) is 0 Å². The Kier molecular flexibility index (Phi) is 8.62. The number of carbonyl (C=O) groups excluding carboxylic acids is 3. The second-order valence-electron chi connectivity index (χ2n) is 9.87. The van der Waals surface area contributed by atoms with E-state index in [4.69, 9.17) is 0 Å². The Hall–Kier alpha value is -4.53. The summed E-state index contributed by atoms with van der Waals surface area (Å²) in [6.45, 7) is 6.24. The quantitative estimate of drug-likeness (QED) is 0.362. The van der Waals surface area contributed by atoms with E-state index in [9.17, 15) is 28.7 Å². The number of nitrogens with one attached hydrogen (secondary N) is 2. The third-order valence-corrected chi connectivity index (χ3v) is 5.78. The SMILES string of the molecule is Cc1cccc(NC(=O)NCC(=O)N(c2ccccc2C(=O)c2ccccc2F)C(C(=O)O)C(C)(C)C)c1. The molecular weight excluding hydrogens is 489 g/mol. The smallest absolute Gasteiger partial charge is 0.327 e. The number of amides is 3. The summed E-state index contributed by atoms with van der Waals surface area (Å²) in [6.07, 6.45) is 0. The average molecular weight is 520 g/mol. The van der Waals surface area contributed by atoms with Gasteiger partial charge >= 0.3 is 12.0 Å². The molecule has 0 fully saturated rings. The Labute approximate surface area is 220 Å². The molecule has 0 aliphatic rings. The molecule has 1 atom stereocenters. The molecule has 0 saturated heterocycles. The predicted octanol–water partition coefficient (Wildman–Crippen LogP) is 5.02. The number of ketones is 1. The van der Waals surface area contributed by atoms with Crippen LogP contribution in [-0.2, 0) is 9.59 Å². The number of carboxylic acid groups (broad SMARTS) is 1. The zero-order chi connectivity index (χ0) is 28.0. The molecular formula is C29H30FN3O5. The van der Waals surface area contributed by atoms with E-state index in [0.29, 0.717) is 5.69 Å². The number of rotatable bonds is 8. The molecule has 0 aliphatic carbocycles. The predicted molar refractivity (Wildman–Crippen MR) is 143 cm³/mol. The number of benzene rings is 3. The third kappa shape index (κ3) is 6.61. The lowest BCUT2D eigenvalue weighted by Gasteiger charge is -2.38. The van der Waals surface area contributed by atoms with E-state index in [2.05, 4.69) is 10.6 Å². The lowest BCUT2D eigenvalue weighted by molar-refractivity contribution is -0.142. The Bertz CT molecular complexity index is 1370. The summed E-state index contributed by atoms with van der Waals surface area (Å²) in [4.78, 5) is 52.8. The number of carbonyl (C=O) groups is 4. The van der Waals surface area contributed by atoms with Gasteiger partial charge in [0.25, 0.3) is 0 Å². The molecule has 3 rings (SSSR count). The Balaban J connectivity index is 1.98. The molecule has 0 aliphatic heterocycles. The summed E-state index contributed by atoms with van der Waals surface area (Å²) in [5, 5.41) is 15.2. The van der Waals surface area contributed by atoms with Crippen LogP contribution in [0.25, 0.3) is 0 Å². The van der Waals surface area contributed by atoms with Crippen LogP contribution in [0.4, 0.5) is 20.6 Å². The van der Waals surface area contributed by atoms with Gasteiger partial charge in [-0.3, -0.25) is 14.5 Å². The fourth-order valence-electron chi connectivity index (χ4n) is 4.09. The maximum Gasteiger partial charge on any atom is 0.327 e. The highest BCUT2D eigenvalue weighted by Gasteiger charge is 2.41. The van der Waals surface area contributed by atoms with Gasteiger partial charge in [-0.15, -0.1) is 0 Å². The summed E-state index contributed by atoms with van der Waals surface area (Å²) in [5.74, 6) is -3.52. The van der Waals surface area contributed by atoms with Gasteiger partial charge in [-0.05, 0) is 54.3 Å². The highest BCUT2D eigenvalue weighted by molar-refractivity contribution is 6.15. The fraction of sp³-hybridized carbons (Fsp3) is 0.241. The van der Waals surface area contributed by atoms with Crippen LogP contribution in [-0.4, -0.2) is 41.4 Å². The summed E-state index contributed by atoms with van der Waals surface area (Å²) < 4.78 is 14.5. The first-order valence-corrected chi connectivity index (χ1v) is 11.9. The fourth-order valence-corrected chi connectivity index (χ4v) is 4.09. The van der Waals surface area contributed by atoms with Crippen LogP contribution in [0.1, 0.15) is 42.3 Å². The van der Waals surface area contributed by atoms with Gasteiger partial charge in [-0.2, -0.15) is 0 Å². The van der Waals surface area contributed by atoms with Crippen molar-refractivity contribution in [2.75, 3.05) is 16.8 Å². The number of hydrogen-bond acceptors (Lipinski definition) is 4. The minimum Gasteiger partial charge on any atom is -0.480 e. The minimum absolute atomic E-state index is 0.00558. The van der Waals surface area contributed by atoms with Crippen molar-refractivity contribution in [1.82, 2.24) is 5.32 Å². The van der Waals surface area contributed by atoms with Crippen LogP contribution in [0.2, 0.25) is 0 Å². The van der Waals surface area contributed by atoms with Crippen molar-refractivity contribution >= 4 is 35.1 Å². The van der Waals surface area contributed by atoms with Gasteiger partial charge in [0, 0.05) is 11.3 Å². The molecule has 0 radical (unpaired) electrons. The van der Waals surface area contributed by atoms with Gasteiger partial charge in [-0.25, -0.2) is 14.0 Å². The number of anilines is 2. The molecule has 3 N–H and O–H groups in total. The minimum atomic E-state index is -1.41. The van der Waals surface area contributed by atoms with E-state index < -0.39 is 47.5 Å². The van der Waals surface area contributed by atoms with E-state index in [1.165, 1.54) is 30.3 Å². The molecule has 0 heterocycles. The topological polar surface area (TPSA) is 116 Å². The van der Waals surface area contributed by atoms with Gasteiger partial charge in [0.2, 0.25) is 5.91 Å². The van der Waals surface area contributed by atoms with Crippen LogP contribution >= 0.6 is 0 Å². The summed E-state index contributed by atoms with van der Waals surface area (Å²) in [6, 6.07) is 16.3. The first kappa shape index (κ1) is 28.0. The average Bonchev–Trinajstić information content (AvgIpc) is 2.84. The van der Waals surface area contributed by atoms with Crippen molar-refractivity contribution in [3.63, 3.8) is 0 Å². The van der Waals surface area contributed by atoms with Crippen LogP contribution in [0.3, 0.4) is 0 Å². The molecule has 9 heteroatoms. The molecule has 38 heavy (non-hydrogen) atoms. The standard InChI is InChI=1S/C29H30FN3O5/c1-18-10-9-11-19(16-18)32-28(38)31-17-24(34)33(26(27(36)37)29(2,3)4)23-15-8-6-13-21(23)25(35)20-12-5-7-14-22(20)30/h5-16,26H,17H2,1-4H3,(H,36,37)(H2,31,32,38). The Morgan fingerprint density at radius 3 is 2.16 bits per heavy atom. The number of halogens is 1. The van der Waals surface area contributed by atoms with E-state index >= 15 is 0 Å². The van der Waals surface area contributed by atoms with E-state index in [-0.39, 0.29) is 16.8 Å². The van der Waals surface area contributed by atoms with Crippen molar-refractivity contribution in [2.24, 2.45) is 5.41 Å². The number of carboxylic acids is 1. The maximum absolute atomic E-state index is 14.5. The second-order valence-corrected chi connectivity index (χ2v) is 9.87. The molecule has 0 spiro atoms. The molecule has 8 nitrogen and oxygen atoms in total. The van der Waals surface area contributed by atoms with Crippen molar-refractivity contribution < 1.29 is 28.7 Å². The molecule has 3 aromatic carbocycles. The number of urea groups is 1. The third-order valence-electron chi connectivity index (χ3n) is 5.78. The maximum atomic E-state index is 14.5. The summed E-state index contributed by atoms with van der Waals surface area (Å²) in [5.41, 5.74) is 0.200. The Morgan fingerprint density at radius 2 is 1.55 bits per heavy atom. The number of aliphatic carboxylic acids is 1. The Morgan fingerprint density at radius 1 is 0.921 bits per heavy atom. The van der Waals surface area contributed by atoms with Gasteiger partial charge in [0.15, 0.2) is 5.78 Å². The number of nitrogens with zero attached hydrogens (tertiary/aromatic N) is 1. The van der Waals surface area contributed by atoms with Gasteiger partial charge in [0.05, 0.1) is 17.8 Å². The molecule has 198 valence electrons. The highest BCUT2D eigenvalue weighted by Crippen LogP contribution is 2.33. The van der Waals surface area contributed by atoms with Crippen LogP contribution < -0.4 is 15.5 Å². The number of aryl methyl sites for hydroxylation is 1. The molecule has 3 amide bonds. The van der Waals surface area contributed by atoms with Crippen molar-refractivity contribution in [3.05, 3.63) is 95.3 Å². The first-order valence-electron chi connectivity index (χ1n) is 11.9. The van der Waals surface area contributed by atoms with E-state index in [1.807, 2.05) is 13.0 Å². The van der Waals surface area contributed by atoms with Crippen LogP contribution in [0.15, 0.2) is 72.8 Å². The van der Waals surface area contributed by atoms with E-state index in [0.717, 1.165) is 16.5 Å². The van der Waals surface area contributed by atoms with E-state index in [1.54, 1.807) is 51.1 Å². The second kappa shape index (κ2) is 11.7. The van der Waals surface area contributed by atoms with Gasteiger partial charge < -0.3 is 15.7 Å². The lowest BCUT2D eigenvalue weighted by Crippen LogP contribution is -2.55. The number of para-hydroxylation sites is 1. The normalized spacial score (nSPS) is 11.8. The van der Waals surface area contributed by atoms with Crippen molar-refractivity contribution in [2.45, 2.75) is 33.7 Å². The molecule has 0 aromatic heterocycles. The van der Waals surface area contributed by atoms with Crippen molar-refractivity contribution in [3.8, 4) is 0 Å². The first-order chi connectivity index (χ1) is 17.9. The zero-order valence-electron chi connectivity index (χ0n) is 21.6. The lowest BCUT2D eigenvalue weighted by atomic mass is 9.84. The molecule has 0 saturated carbocycles. The number of hydrogen-bond donors (Lipinski definition) is 3.